The highest BCUT2D eigenvalue weighted by Gasteiger charge is 2.11. The lowest BCUT2D eigenvalue weighted by molar-refractivity contribution is -0.111. The van der Waals surface area contributed by atoms with E-state index in [0.29, 0.717) is 0 Å². The van der Waals surface area contributed by atoms with Crippen LogP contribution in [0.5, 0.6) is 5.75 Å². The van der Waals surface area contributed by atoms with E-state index in [1.165, 1.54) is 11.1 Å². The fraction of sp³-hybridized carbons (Fsp3) is 0.211. The molecule has 1 aliphatic rings. The van der Waals surface area contributed by atoms with E-state index in [4.69, 9.17) is 4.74 Å². The highest BCUT2D eigenvalue weighted by molar-refractivity contribution is 7.97. The van der Waals surface area contributed by atoms with Gasteiger partial charge in [-0.05, 0) is 53.3 Å². The second-order valence-electron chi connectivity index (χ2n) is 5.42. The largest absolute Gasteiger partial charge is 0.493 e. The number of carbonyl (C=O) groups is 1. The lowest BCUT2D eigenvalue weighted by Crippen LogP contribution is -2.07. The average Bonchev–Trinajstić information content (AvgIpc) is 3.01. The van der Waals surface area contributed by atoms with E-state index in [1.807, 2.05) is 36.4 Å². The zero-order valence-corrected chi connectivity index (χ0v) is 13.9. The number of anilines is 1. The molecule has 0 aliphatic carbocycles. The molecule has 0 saturated carbocycles. The number of ether oxygens (including phenoxy) is 1. The molecule has 1 aliphatic heterocycles. The average molecular weight is 325 g/mol. The molecule has 1 heterocycles. The minimum absolute atomic E-state index is 0.122. The van der Waals surface area contributed by atoms with Gasteiger partial charge in [-0.1, -0.05) is 18.2 Å². The molecule has 1 N–H and O–H groups in total. The van der Waals surface area contributed by atoms with E-state index in [-0.39, 0.29) is 5.91 Å². The minimum atomic E-state index is -0.122. The standard InChI is InChI=1S/C19H19NO2S/c1-23-13-15-3-2-4-17(12-15)20-19(21)8-6-14-5-7-18-16(11-14)9-10-22-18/h2-8,11-12H,9-10,13H2,1H3,(H,20,21). The molecule has 118 valence electrons. The molecule has 3 nitrogen and oxygen atoms in total. The van der Waals surface area contributed by atoms with Gasteiger partial charge in [0, 0.05) is 23.9 Å². The summed E-state index contributed by atoms with van der Waals surface area (Å²) in [6.07, 6.45) is 6.40. The number of fused-ring (bicyclic) bond motifs is 1. The van der Waals surface area contributed by atoms with Crippen molar-refractivity contribution in [2.75, 3.05) is 18.2 Å². The summed E-state index contributed by atoms with van der Waals surface area (Å²) in [5.74, 6) is 1.77. The van der Waals surface area contributed by atoms with Gasteiger partial charge >= 0.3 is 0 Å². The van der Waals surface area contributed by atoms with Crippen LogP contribution in [0.4, 0.5) is 5.69 Å². The van der Waals surface area contributed by atoms with Gasteiger partial charge in [0.2, 0.25) is 5.91 Å². The van der Waals surface area contributed by atoms with Crippen molar-refractivity contribution in [1.82, 2.24) is 0 Å². The maximum absolute atomic E-state index is 12.1. The number of carbonyl (C=O) groups excluding carboxylic acids is 1. The molecule has 3 rings (SSSR count). The van der Waals surface area contributed by atoms with Crippen LogP contribution < -0.4 is 10.1 Å². The third kappa shape index (κ3) is 4.17. The molecule has 0 spiro atoms. The molecule has 23 heavy (non-hydrogen) atoms. The summed E-state index contributed by atoms with van der Waals surface area (Å²) in [5.41, 5.74) is 4.25. The highest BCUT2D eigenvalue weighted by Crippen LogP contribution is 2.26. The molecule has 2 aromatic carbocycles. The van der Waals surface area contributed by atoms with Crippen LogP contribution in [-0.4, -0.2) is 18.8 Å². The van der Waals surface area contributed by atoms with Crippen molar-refractivity contribution in [3.05, 3.63) is 65.2 Å². The van der Waals surface area contributed by atoms with Gasteiger partial charge in [-0.2, -0.15) is 11.8 Å². The monoisotopic (exact) mass is 325 g/mol. The SMILES string of the molecule is CSCc1cccc(NC(=O)C=Cc2ccc3c(c2)CCO3)c1. The number of amides is 1. The quantitative estimate of drug-likeness (QED) is 0.840. The summed E-state index contributed by atoms with van der Waals surface area (Å²) >= 11 is 1.76. The first kappa shape index (κ1) is 15.7. The molecular weight excluding hydrogens is 306 g/mol. The van der Waals surface area contributed by atoms with Gasteiger partial charge in [-0.25, -0.2) is 0 Å². The lowest BCUT2D eigenvalue weighted by Gasteiger charge is -2.05. The minimum Gasteiger partial charge on any atom is -0.493 e. The van der Waals surface area contributed by atoms with Gasteiger partial charge in [-0.3, -0.25) is 4.79 Å². The first-order chi connectivity index (χ1) is 11.2. The maximum Gasteiger partial charge on any atom is 0.248 e. The Hall–Kier alpha value is -2.20. The molecule has 2 aromatic rings. The van der Waals surface area contributed by atoms with Crippen molar-refractivity contribution < 1.29 is 9.53 Å². The summed E-state index contributed by atoms with van der Waals surface area (Å²) in [6.45, 7) is 0.745. The van der Waals surface area contributed by atoms with Crippen molar-refractivity contribution in [1.29, 1.82) is 0 Å². The van der Waals surface area contributed by atoms with Gasteiger partial charge in [0.25, 0.3) is 0 Å². The highest BCUT2D eigenvalue weighted by atomic mass is 32.2. The predicted molar refractivity (Wildman–Crippen MR) is 97.0 cm³/mol. The molecular formula is C19H19NO2S. The molecule has 0 saturated heterocycles. The zero-order valence-electron chi connectivity index (χ0n) is 13.0. The Balaban J connectivity index is 1.63. The summed E-state index contributed by atoms with van der Waals surface area (Å²) in [6, 6.07) is 13.9. The Morgan fingerprint density at radius 3 is 3.09 bits per heavy atom. The topological polar surface area (TPSA) is 38.3 Å². The Morgan fingerprint density at radius 1 is 1.30 bits per heavy atom. The zero-order chi connectivity index (χ0) is 16.1. The fourth-order valence-electron chi connectivity index (χ4n) is 2.57. The normalized spacial score (nSPS) is 12.9. The van der Waals surface area contributed by atoms with Crippen molar-refractivity contribution in [2.45, 2.75) is 12.2 Å². The van der Waals surface area contributed by atoms with Crippen LogP contribution >= 0.6 is 11.8 Å². The molecule has 0 fully saturated rings. The van der Waals surface area contributed by atoms with Crippen molar-refractivity contribution >= 4 is 29.4 Å². The summed E-state index contributed by atoms with van der Waals surface area (Å²) in [5, 5.41) is 2.90. The van der Waals surface area contributed by atoms with Crippen LogP contribution in [0, 0.1) is 0 Å². The van der Waals surface area contributed by atoms with Crippen molar-refractivity contribution in [3.63, 3.8) is 0 Å². The lowest BCUT2D eigenvalue weighted by atomic mass is 10.1. The number of rotatable bonds is 5. The molecule has 0 unspecified atom stereocenters. The van der Waals surface area contributed by atoms with Crippen LogP contribution in [0.3, 0.4) is 0 Å². The van der Waals surface area contributed by atoms with Crippen molar-refractivity contribution in [3.8, 4) is 5.75 Å². The van der Waals surface area contributed by atoms with E-state index in [1.54, 1.807) is 17.8 Å². The van der Waals surface area contributed by atoms with E-state index in [0.717, 1.165) is 35.8 Å². The maximum atomic E-state index is 12.1. The van der Waals surface area contributed by atoms with Crippen LogP contribution in [0.15, 0.2) is 48.5 Å². The molecule has 0 bridgehead atoms. The van der Waals surface area contributed by atoms with Gasteiger partial charge in [0.15, 0.2) is 0 Å². The fourth-order valence-corrected chi connectivity index (χ4v) is 3.08. The predicted octanol–water partition coefficient (Wildman–Crippen LogP) is 4.14. The number of benzene rings is 2. The summed E-state index contributed by atoms with van der Waals surface area (Å²) in [7, 11) is 0. The van der Waals surface area contributed by atoms with Gasteiger partial charge in [0.1, 0.15) is 5.75 Å². The van der Waals surface area contributed by atoms with Crippen LogP contribution in [-0.2, 0) is 17.0 Å². The van der Waals surface area contributed by atoms with Crippen molar-refractivity contribution in [2.24, 2.45) is 0 Å². The van der Waals surface area contributed by atoms with Gasteiger partial charge in [0.05, 0.1) is 6.61 Å². The Kier molecular flexibility index (Phi) is 5.03. The second-order valence-corrected chi connectivity index (χ2v) is 6.29. The Bertz CT molecular complexity index is 740. The number of hydrogen-bond acceptors (Lipinski definition) is 3. The van der Waals surface area contributed by atoms with Gasteiger partial charge in [-0.15, -0.1) is 0 Å². The van der Waals surface area contributed by atoms with E-state index < -0.39 is 0 Å². The third-order valence-electron chi connectivity index (χ3n) is 3.65. The van der Waals surface area contributed by atoms with Crippen LogP contribution in [0.1, 0.15) is 16.7 Å². The number of nitrogens with one attached hydrogen (secondary N) is 1. The Morgan fingerprint density at radius 2 is 2.22 bits per heavy atom. The smallest absolute Gasteiger partial charge is 0.248 e. The van der Waals surface area contributed by atoms with Crippen LogP contribution in [0.25, 0.3) is 6.08 Å². The molecule has 4 heteroatoms. The first-order valence-electron chi connectivity index (χ1n) is 7.57. The van der Waals surface area contributed by atoms with E-state index >= 15 is 0 Å². The molecule has 1 amide bonds. The number of hydrogen-bond donors (Lipinski definition) is 1. The summed E-state index contributed by atoms with van der Waals surface area (Å²) in [4.78, 5) is 12.1. The molecule has 0 aromatic heterocycles. The Labute approximate surface area is 140 Å². The van der Waals surface area contributed by atoms with E-state index in [2.05, 4.69) is 23.7 Å². The second kappa shape index (κ2) is 7.38. The third-order valence-corrected chi connectivity index (χ3v) is 4.27. The van der Waals surface area contributed by atoms with E-state index in [9.17, 15) is 4.79 Å². The summed E-state index contributed by atoms with van der Waals surface area (Å²) < 4.78 is 5.48. The molecule has 0 atom stereocenters. The van der Waals surface area contributed by atoms with Gasteiger partial charge < -0.3 is 10.1 Å². The molecule has 0 radical (unpaired) electrons. The number of thioether (sulfide) groups is 1. The van der Waals surface area contributed by atoms with Crippen LogP contribution in [0.2, 0.25) is 0 Å². The first-order valence-corrected chi connectivity index (χ1v) is 8.96.